The van der Waals surface area contributed by atoms with Gasteiger partial charge in [-0.1, -0.05) is 11.6 Å². The Morgan fingerprint density at radius 2 is 2.42 bits per heavy atom. The molecule has 0 saturated carbocycles. The summed E-state index contributed by atoms with van der Waals surface area (Å²) < 4.78 is 4.95. The minimum Gasteiger partial charge on any atom is -0.466 e. The largest absolute Gasteiger partial charge is 0.466 e. The second-order valence-corrected chi connectivity index (χ2v) is 5.20. The maximum absolute atomic E-state index is 11.5. The molecule has 0 bridgehead atoms. The summed E-state index contributed by atoms with van der Waals surface area (Å²) in [6, 6.07) is 2.37. The quantitative estimate of drug-likeness (QED) is 0.629. The lowest BCUT2D eigenvalue weighted by atomic mass is 10.0. The van der Waals surface area contributed by atoms with E-state index in [1.807, 2.05) is 12.3 Å². The fourth-order valence-electron chi connectivity index (χ4n) is 2.52. The smallest absolute Gasteiger partial charge is 0.310 e. The van der Waals surface area contributed by atoms with Crippen LogP contribution >= 0.6 is 11.6 Å². The molecule has 5 heteroatoms. The second-order valence-electron chi connectivity index (χ2n) is 4.84. The van der Waals surface area contributed by atoms with E-state index in [1.54, 1.807) is 6.92 Å². The number of likely N-dealkylation sites (tertiary alicyclic amines) is 1. The number of pyridine rings is 1. The first-order chi connectivity index (χ1) is 9.11. The maximum atomic E-state index is 11.5. The summed E-state index contributed by atoms with van der Waals surface area (Å²) >= 11 is 6.05. The van der Waals surface area contributed by atoms with Gasteiger partial charge in [-0.25, -0.2) is 4.98 Å². The number of carbonyl (C=O) groups is 1. The Hall–Kier alpha value is -1.13. The highest BCUT2D eigenvalue weighted by atomic mass is 35.5. The van der Waals surface area contributed by atoms with Crippen molar-refractivity contribution in [2.24, 2.45) is 0 Å². The van der Waals surface area contributed by atoms with Crippen molar-refractivity contribution in [3.8, 4) is 0 Å². The van der Waals surface area contributed by atoms with E-state index in [-0.39, 0.29) is 12.4 Å². The van der Waals surface area contributed by atoms with Gasteiger partial charge in [-0.15, -0.1) is 0 Å². The molecule has 1 aromatic rings. The highest BCUT2D eigenvalue weighted by Crippen LogP contribution is 2.31. The van der Waals surface area contributed by atoms with Gasteiger partial charge in [-0.2, -0.15) is 0 Å². The molecule has 0 spiro atoms. The second kappa shape index (κ2) is 6.35. The molecule has 0 amide bonds. The Bertz CT molecular complexity index is 465. The lowest BCUT2D eigenvalue weighted by molar-refractivity contribution is -0.142. The third-order valence-electron chi connectivity index (χ3n) is 3.48. The molecule has 2 heterocycles. The van der Waals surface area contributed by atoms with Crippen LogP contribution in [-0.4, -0.2) is 36.1 Å². The van der Waals surface area contributed by atoms with E-state index in [0.717, 1.165) is 24.1 Å². The summed E-state index contributed by atoms with van der Waals surface area (Å²) in [6.07, 6.45) is 4.31. The first-order valence-corrected chi connectivity index (χ1v) is 6.99. The predicted molar refractivity (Wildman–Crippen MR) is 74.2 cm³/mol. The average Bonchev–Trinajstić information content (AvgIpc) is 2.79. The molecule has 0 radical (unpaired) electrons. The van der Waals surface area contributed by atoms with Gasteiger partial charge in [0, 0.05) is 17.8 Å². The first kappa shape index (κ1) is 14.3. The highest BCUT2D eigenvalue weighted by molar-refractivity contribution is 6.30. The van der Waals surface area contributed by atoms with Crippen LogP contribution in [0.2, 0.25) is 5.15 Å². The van der Waals surface area contributed by atoms with Gasteiger partial charge in [0.25, 0.3) is 0 Å². The zero-order valence-corrected chi connectivity index (χ0v) is 12.1. The van der Waals surface area contributed by atoms with Crippen LogP contribution in [0.25, 0.3) is 0 Å². The molecule has 2 rings (SSSR count). The van der Waals surface area contributed by atoms with Gasteiger partial charge in [0.2, 0.25) is 0 Å². The molecule has 1 aromatic heterocycles. The van der Waals surface area contributed by atoms with Gasteiger partial charge < -0.3 is 4.74 Å². The summed E-state index contributed by atoms with van der Waals surface area (Å²) in [5, 5.41) is 0.387. The molecule has 1 fully saturated rings. The molecule has 0 aromatic carbocycles. The topological polar surface area (TPSA) is 42.4 Å². The van der Waals surface area contributed by atoms with Crippen molar-refractivity contribution in [1.82, 2.24) is 9.88 Å². The molecule has 0 unspecified atom stereocenters. The van der Waals surface area contributed by atoms with Crippen LogP contribution in [0.3, 0.4) is 0 Å². The van der Waals surface area contributed by atoms with Crippen molar-refractivity contribution in [2.45, 2.75) is 32.2 Å². The van der Waals surface area contributed by atoms with Crippen LogP contribution in [0, 0.1) is 0 Å². The van der Waals surface area contributed by atoms with E-state index in [9.17, 15) is 4.79 Å². The number of rotatable bonds is 4. The lowest BCUT2D eigenvalue weighted by Gasteiger charge is -2.20. The summed E-state index contributed by atoms with van der Waals surface area (Å²) in [7, 11) is 2.11. The average molecular weight is 283 g/mol. The number of halogens is 1. The number of esters is 1. The summed E-state index contributed by atoms with van der Waals surface area (Å²) in [6.45, 7) is 3.27. The number of hydrogen-bond acceptors (Lipinski definition) is 4. The zero-order chi connectivity index (χ0) is 13.8. The molecule has 104 valence electrons. The first-order valence-electron chi connectivity index (χ1n) is 6.62. The Morgan fingerprint density at radius 3 is 3.05 bits per heavy atom. The van der Waals surface area contributed by atoms with Crippen molar-refractivity contribution < 1.29 is 9.53 Å². The summed E-state index contributed by atoms with van der Waals surface area (Å²) in [5.41, 5.74) is 1.88. The van der Waals surface area contributed by atoms with E-state index >= 15 is 0 Å². The van der Waals surface area contributed by atoms with Gasteiger partial charge >= 0.3 is 5.97 Å². The number of hydrogen-bond donors (Lipinski definition) is 0. The Balaban J connectivity index is 2.17. The zero-order valence-electron chi connectivity index (χ0n) is 11.4. The van der Waals surface area contributed by atoms with E-state index in [1.165, 1.54) is 6.42 Å². The third-order valence-corrected chi connectivity index (χ3v) is 3.82. The molecule has 1 aliphatic heterocycles. The monoisotopic (exact) mass is 282 g/mol. The predicted octanol–water partition coefficient (Wildman–Crippen LogP) is 2.61. The van der Waals surface area contributed by atoms with Gasteiger partial charge in [0.15, 0.2) is 0 Å². The lowest BCUT2D eigenvalue weighted by Crippen LogP contribution is -2.18. The van der Waals surface area contributed by atoms with Crippen molar-refractivity contribution in [2.75, 3.05) is 20.2 Å². The minimum atomic E-state index is -0.261. The normalized spacial score (nSPS) is 19.6. The van der Waals surface area contributed by atoms with Gasteiger partial charge in [0.05, 0.1) is 13.0 Å². The molecule has 1 atom stereocenters. The molecule has 0 N–H and O–H groups in total. The fourth-order valence-corrected chi connectivity index (χ4v) is 2.69. The van der Waals surface area contributed by atoms with E-state index < -0.39 is 0 Å². The standard InChI is InChI=1S/C14H19ClN2O2/c1-3-19-13(18)8-10-7-11(9-16-14(10)15)12-5-4-6-17(12)2/h7,9,12H,3-6,8H2,1-2H3/t12-/m0/s1. The molecular formula is C14H19ClN2O2. The fraction of sp³-hybridized carbons (Fsp3) is 0.571. The van der Waals surface area contributed by atoms with E-state index in [4.69, 9.17) is 16.3 Å². The molecule has 19 heavy (non-hydrogen) atoms. The maximum Gasteiger partial charge on any atom is 0.310 e. The number of nitrogens with zero attached hydrogens (tertiary/aromatic N) is 2. The van der Waals surface area contributed by atoms with Crippen LogP contribution < -0.4 is 0 Å². The van der Waals surface area contributed by atoms with Crippen LogP contribution in [0.15, 0.2) is 12.3 Å². The minimum absolute atomic E-state index is 0.184. The van der Waals surface area contributed by atoms with Gasteiger partial charge in [0.1, 0.15) is 5.15 Å². The number of aromatic nitrogens is 1. The van der Waals surface area contributed by atoms with Gasteiger partial charge in [-0.3, -0.25) is 9.69 Å². The summed E-state index contributed by atoms with van der Waals surface area (Å²) in [5.74, 6) is -0.261. The molecule has 0 aliphatic carbocycles. The van der Waals surface area contributed by atoms with Crippen molar-refractivity contribution in [1.29, 1.82) is 0 Å². The van der Waals surface area contributed by atoms with Crippen molar-refractivity contribution in [3.05, 3.63) is 28.5 Å². The van der Waals surface area contributed by atoms with Crippen LogP contribution in [0.5, 0.6) is 0 Å². The van der Waals surface area contributed by atoms with Gasteiger partial charge in [-0.05, 0) is 45.0 Å². The van der Waals surface area contributed by atoms with Crippen molar-refractivity contribution >= 4 is 17.6 Å². The van der Waals surface area contributed by atoms with E-state index in [0.29, 0.717) is 17.8 Å². The van der Waals surface area contributed by atoms with E-state index in [2.05, 4.69) is 16.9 Å². The van der Waals surface area contributed by atoms with Crippen LogP contribution in [-0.2, 0) is 16.0 Å². The molecule has 1 saturated heterocycles. The highest BCUT2D eigenvalue weighted by Gasteiger charge is 2.23. The molecular weight excluding hydrogens is 264 g/mol. The molecule has 4 nitrogen and oxygen atoms in total. The van der Waals surface area contributed by atoms with Crippen LogP contribution in [0.4, 0.5) is 0 Å². The number of ether oxygens (including phenoxy) is 1. The Kier molecular flexibility index (Phi) is 4.77. The SMILES string of the molecule is CCOC(=O)Cc1cc([C@@H]2CCCN2C)cnc1Cl. The molecule has 1 aliphatic rings. The summed E-state index contributed by atoms with van der Waals surface area (Å²) in [4.78, 5) is 18.0. The third kappa shape index (κ3) is 3.45. The van der Waals surface area contributed by atoms with Crippen LogP contribution in [0.1, 0.15) is 36.9 Å². The Morgan fingerprint density at radius 1 is 1.63 bits per heavy atom. The van der Waals surface area contributed by atoms with Crippen molar-refractivity contribution in [3.63, 3.8) is 0 Å². The Labute approximate surface area is 118 Å². The number of carbonyl (C=O) groups excluding carboxylic acids is 1.